The molecule has 0 N–H and O–H groups in total. The number of hydrogen-bond donors (Lipinski definition) is 0. The number of nitrogens with zero attached hydrogens (tertiary/aromatic N) is 1. The smallest absolute Gasteiger partial charge is 0.233 e. The Hall–Kier alpha value is -1.12. The van der Waals surface area contributed by atoms with Gasteiger partial charge in [0.1, 0.15) is 0 Å². The van der Waals surface area contributed by atoms with Gasteiger partial charge in [-0.3, -0.25) is 14.5 Å². The van der Waals surface area contributed by atoms with E-state index < -0.39 is 0 Å². The van der Waals surface area contributed by atoms with Crippen molar-refractivity contribution in [2.75, 3.05) is 0 Å². The second-order valence-corrected chi connectivity index (χ2v) is 5.55. The number of amides is 2. The maximum Gasteiger partial charge on any atom is 0.233 e. The van der Waals surface area contributed by atoms with Crippen LogP contribution < -0.4 is 0 Å². The molecule has 0 spiro atoms. The first kappa shape index (κ1) is 10.4. The zero-order chi connectivity index (χ0) is 11.4. The minimum absolute atomic E-state index is 0.00356. The van der Waals surface area contributed by atoms with Crippen molar-refractivity contribution in [1.82, 2.24) is 4.90 Å². The van der Waals surface area contributed by atoms with E-state index in [1.807, 2.05) is 20.8 Å². The average Bonchev–Trinajstić information content (AvgIpc) is 2.52. The van der Waals surface area contributed by atoms with E-state index in [0.717, 1.165) is 5.57 Å². The number of likely N-dealkylation sites (tertiary alicyclic amines) is 1. The predicted molar refractivity (Wildman–Crippen MR) is 57.0 cm³/mol. The van der Waals surface area contributed by atoms with Crippen molar-refractivity contribution < 1.29 is 9.59 Å². The molecule has 2 unspecified atom stereocenters. The van der Waals surface area contributed by atoms with Crippen molar-refractivity contribution in [3.8, 4) is 0 Å². The van der Waals surface area contributed by atoms with Crippen LogP contribution in [0.4, 0.5) is 0 Å². The zero-order valence-corrected chi connectivity index (χ0v) is 9.54. The monoisotopic (exact) mass is 207 g/mol. The van der Waals surface area contributed by atoms with Gasteiger partial charge >= 0.3 is 0 Å². The number of hydrogen-bond acceptors (Lipinski definition) is 2. The van der Waals surface area contributed by atoms with Gasteiger partial charge in [0.05, 0.1) is 11.8 Å². The molecule has 15 heavy (non-hydrogen) atoms. The Balaban J connectivity index is 2.32. The van der Waals surface area contributed by atoms with Gasteiger partial charge in [0.2, 0.25) is 11.8 Å². The van der Waals surface area contributed by atoms with Crippen LogP contribution in [-0.4, -0.2) is 22.3 Å². The van der Waals surface area contributed by atoms with E-state index in [2.05, 4.69) is 6.58 Å². The highest BCUT2D eigenvalue weighted by Crippen LogP contribution is 2.44. The van der Waals surface area contributed by atoms with Gasteiger partial charge in [0.25, 0.3) is 0 Å². The third-order valence-corrected chi connectivity index (χ3v) is 3.25. The summed E-state index contributed by atoms with van der Waals surface area (Å²) >= 11 is 0. The van der Waals surface area contributed by atoms with Crippen LogP contribution in [-0.2, 0) is 9.59 Å². The number of allylic oxidation sites excluding steroid dienone is 1. The lowest BCUT2D eigenvalue weighted by Crippen LogP contribution is -2.46. The van der Waals surface area contributed by atoms with Crippen LogP contribution in [0, 0.1) is 11.8 Å². The molecule has 2 aliphatic rings. The van der Waals surface area contributed by atoms with Crippen molar-refractivity contribution in [3.05, 3.63) is 12.2 Å². The van der Waals surface area contributed by atoms with E-state index in [1.54, 1.807) is 0 Å². The molecule has 0 radical (unpaired) electrons. The normalized spacial score (nSPS) is 31.4. The van der Waals surface area contributed by atoms with Gasteiger partial charge in [-0.1, -0.05) is 12.2 Å². The Morgan fingerprint density at radius 3 is 1.87 bits per heavy atom. The fourth-order valence-electron chi connectivity index (χ4n) is 2.61. The lowest BCUT2D eigenvalue weighted by atomic mass is 10.00. The quantitative estimate of drug-likeness (QED) is 0.448. The van der Waals surface area contributed by atoms with Crippen LogP contribution in [0.2, 0.25) is 0 Å². The summed E-state index contributed by atoms with van der Waals surface area (Å²) in [4.78, 5) is 25.5. The highest BCUT2D eigenvalue weighted by molar-refractivity contribution is 6.06. The molecule has 2 rings (SSSR count). The molecule has 2 amide bonds. The van der Waals surface area contributed by atoms with Gasteiger partial charge < -0.3 is 0 Å². The van der Waals surface area contributed by atoms with Gasteiger partial charge in [-0.2, -0.15) is 0 Å². The third-order valence-electron chi connectivity index (χ3n) is 3.25. The Bertz CT molecular complexity index is 325. The summed E-state index contributed by atoms with van der Waals surface area (Å²) < 4.78 is 0. The molecule has 1 aliphatic heterocycles. The molecule has 1 saturated carbocycles. The molecule has 3 nitrogen and oxygen atoms in total. The van der Waals surface area contributed by atoms with E-state index in [4.69, 9.17) is 0 Å². The minimum Gasteiger partial charge on any atom is -0.277 e. The molecular formula is C12H17NO2. The molecule has 1 heterocycles. The minimum atomic E-state index is -0.389. The lowest BCUT2D eigenvalue weighted by Gasteiger charge is -2.30. The van der Waals surface area contributed by atoms with Crippen molar-refractivity contribution in [2.45, 2.75) is 39.2 Å². The summed E-state index contributed by atoms with van der Waals surface area (Å²) in [5.41, 5.74) is 0.653. The van der Waals surface area contributed by atoms with Crippen LogP contribution >= 0.6 is 0 Å². The standard InChI is InChI=1S/C12H17NO2/c1-7-5-8-9(6-7)11(15)13(10(8)14)12(2,3)4/h8-9H,1,5-6H2,2-4H3. The maximum atomic E-state index is 12.1. The second-order valence-electron chi connectivity index (χ2n) is 5.55. The molecular weight excluding hydrogens is 190 g/mol. The fourth-order valence-corrected chi connectivity index (χ4v) is 2.61. The van der Waals surface area contributed by atoms with E-state index in [-0.39, 0.29) is 29.2 Å². The summed E-state index contributed by atoms with van der Waals surface area (Å²) in [6, 6.07) is 0. The average molecular weight is 207 g/mol. The Kier molecular flexibility index (Phi) is 2.04. The molecule has 0 aromatic heterocycles. The lowest BCUT2D eigenvalue weighted by molar-refractivity contribution is -0.145. The van der Waals surface area contributed by atoms with Gasteiger partial charge in [0, 0.05) is 5.54 Å². The van der Waals surface area contributed by atoms with E-state index in [0.29, 0.717) is 12.8 Å². The highest BCUT2D eigenvalue weighted by Gasteiger charge is 2.53. The van der Waals surface area contributed by atoms with Gasteiger partial charge in [-0.25, -0.2) is 0 Å². The molecule has 0 bridgehead atoms. The van der Waals surface area contributed by atoms with E-state index >= 15 is 0 Å². The molecule has 0 aromatic carbocycles. The van der Waals surface area contributed by atoms with Gasteiger partial charge in [0.15, 0.2) is 0 Å². The Morgan fingerprint density at radius 1 is 1.13 bits per heavy atom. The molecule has 2 fully saturated rings. The predicted octanol–water partition coefficient (Wildman–Crippen LogP) is 1.74. The largest absolute Gasteiger partial charge is 0.277 e. The number of fused-ring (bicyclic) bond motifs is 1. The molecule has 2 atom stereocenters. The summed E-state index contributed by atoms with van der Waals surface area (Å²) in [6.07, 6.45) is 1.39. The number of imide groups is 1. The van der Waals surface area contributed by atoms with Gasteiger partial charge in [-0.15, -0.1) is 0 Å². The number of carbonyl (C=O) groups excluding carboxylic acids is 2. The van der Waals surface area contributed by atoms with Gasteiger partial charge in [-0.05, 0) is 33.6 Å². The molecule has 1 saturated heterocycles. The maximum absolute atomic E-state index is 12.1. The van der Waals surface area contributed by atoms with Crippen molar-refractivity contribution in [2.24, 2.45) is 11.8 Å². The first-order valence-corrected chi connectivity index (χ1v) is 5.37. The van der Waals surface area contributed by atoms with Crippen LogP contribution in [0.3, 0.4) is 0 Å². The van der Waals surface area contributed by atoms with Crippen LogP contribution in [0.5, 0.6) is 0 Å². The summed E-state index contributed by atoms with van der Waals surface area (Å²) in [7, 11) is 0. The first-order valence-electron chi connectivity index (χ1n) is 5.37. The van der Waals surface area contributed by atoms with Crippen molar-refractivity contribution in [3.63, 3.8) is 0 Å². The Morgan fingerprint density at radius 2 is 1.53 bits per heavy atom. The number of carbonyl (C=O) groups is 2. The summed E-state index contributed by atoms with van der Waals surface area (Å²) in [5.74, 6) is -0.249. The summed E-state index contributed by atoms with van der Waals surface area (Å²) in [6.45, 7) is 9.57. The van der Waals surface area contributed by atoms with Crippen LogP contribution in [0.1, 0.15) is 33.6 Å². The fraction of sp³-hybridized carbons (Fsp3) is 0.667. The summed E-state index contributed by atoms with van der Waals surface area (Å²) in [5, 5.41) is 0. The second kappa shape index (κ2) is 2.94. The van der Waals surface area contributed by atoms with Crippen molar-refractivity contribution in [1.29, 1.82) is 0 Å². The molecule has 1 aliphatic carbocycles. The van der Waals surface area contributed by atoms with E-state index in [9.17, 15) is 9.59 Å². The van der Waals surface area contributed by atoms with Crippen LogP contribution in [0.25, 0.3) is 0 Å². The highest BCUT2D eigenvalue weighted by atomic mass is 16.2. The Labute approximate surface area is 90.1 Å². The number of rotatable bonds is 0. The first-order chi connectivity index (χ1) is 6.82. The third kappa shape index (κ3) is 1.41. The van der Waals surface area contributed by atoms with Crippen LogP contribution in [0.15, 0.2) is 12.2 Å². The van der Waals surface area contributed by atoms with Crippen molar-refractivity contribution >= 4 is 11.8 Å². The molecule has 0 aromatic rings. The van der Waals surface area contributed by atoms with E-state index in [1.165, 1.54) is 4.90 Å². The SMILES string of the molecule is C=C1CC2C(=O)N(C(C)(C)C)C(=O)C2C1. The zero-order valence-electron chi connectivity index (χ0n) is 9.54. The molecule has 82 valence electrons. The topological polar surface area (TPSA) is 37.4 Å². The molecule has 3 heteroatoms.